The number of ether oxygens (including phenoxy) is 1. The second-order valence-corrected chi connectivity index (χ2v) is 15.4. The standard InChI is InChI=1S/C24H44N2O2Si/c1-20(24(27)28-2)19-25-15-17-26(18-16-25)29(21-9-3-4-10-21,22-11-5-6-12-22)23-13-7-8-14-23/h20-23H,3-19H2,1-2H3. The van der Waals surface area contributed by atoms with E-state index >= 15 is 0 Å². The van der Waals surface area contributed by atoms with E-state index in [9.17, 15) is 4.79 Å². The fraction of sp³-hybridized carbons (Fsp3) is 0.958. The molecule has 0 radical (unpaired) electrons. The van der Waals surface area contributed by atoms with Crippen molar-refractivity contribution in [1.29, 1.82) is 0 Å². The lowest BCUT2D eigenvalue weighted by atomic mass is 10.1. The molecule has 1 unspecified atom stereocenters. The van der Waals surface area contributed by atoms with E-state index in [-0.39, 0.29) is 11.9 Å². The number of piperazine rings is 1. The van der Waals surface area contributed by atoms with Crippen molar-refractivity contribution in [2.24, 2.45) is 5.92 Å². The Hall–Kier alpha value is -0.393. The number of esters is 1. The fourth-order valence-corrected chi connectivity index (χ4v) is 16.4. The highest BCUT2D eigenvalue weighted by Gasteiger charge is 2.57. The third-order valence-corrected chi connectivity index (χ3v) is 16.3. The maximum Gasteiger partial charge on any atom is 0.309 e. The normalized spacial score (nSPS) is 27.7. The van der Waals surface area contributed by atoms with Crippen molar-refractivity contribution in [3.8, 4) is 0 Å². The van der Waals surface area contributed by atoms with Gasteiger partial charge in [-0.05, 0) is 16.6 Å². The van der Waals surface area contributed by atoms with E-state index in [2.05, 4.69) is 9.47 Å². The quantitative estimate of drug-likeness (QED) is 0.419. The summed E-state index contributed by atoms with van der Waals surface area (Å²) in [7, 11) is 0.0367. The van der Waals surface area contributed by atoms with Crippen LogP contribution in [0.25, 0.3) is 0 Å². The summed E-state index contributed by atoms with van der Waals surface area (Å²) >= 11 is 0. The molecule has 4 aliphatic rings. The molecule has 0 aromatic rings. The molecule has 3 aliphatic carbocycles. The number of carbonyl (C=O) groups is 1. The van der Waals surface area contributed by atoms with E-state index in [0.29, 0.717) is 0 Å². The van der Waals surface area contributed by atoms with Crippen LogP contribution in [0.2, 0.25) is 16.6 Å². The van der Waals surface area contributed by atoms with Crippen molar-refractivity contribution < 1.29 is 9.53 Å². The molecular formula is C24H44N2O2Si. The molecular weight excluding hydrogens is 376 g/mol. The van der Waals surface area contributed by atoms with Gasteiger partial charge in [0, 0.05) is 32.7 Å². The molecule has 0 aromatic carbocycles. The van der Waals surface area contributed by atoms with Crippen molar-refractivity contribution in [2.45, 2.75) is 101 Å². The number of hydrogen-bond donors (Lipinski definition) is 0. The lowest BCUT2D eigenvalue weighted by Crippen LogP contribution is -2.66. The summed E-state index contributed by atoms with van der Waals surface area (Å²) in [4.78, 5) is 14.4. The zero-order valence-corrected chi connectivity index (χ0v) is 20.0. The minimum atomic E-state index is -1.48. The zero-order valence-electron chi connectivity index (χ0n) is 19.0. The molecule has 0 amide bonds. The van der Waals surface area contributed by atoms with Crippen molar-refractivity contribution >= 4 is 14.2 Å². The summed E-state index contributed by atoms with van der Waals surface area (Å²) in [5.41, 5.74) is 3.23. The predicted octanol–water partition coefficient (Wildman–Crippen LogP) is 5.19. The van der Waals surface area contributed by atoms with Crippen LogP contribution in [0, 0.1) is 5.92 Å². The Morgan fingerprint density at radius 1 is 0.828 bits per heavy atom. The molecule has 1 atom stereocenters. The van der Waals surface area contributed by atoms with Gasteiger partial charge in [-0.15, -0.1) is 0 Å². The second-order valence-electron chi connectivity index (χ2n) is 10.5. The summed E-state index contributed by atoms with van der Waals surface area (Å²) in [6.45, 7) is 7.73. The third-order valence-electron chi connectivity index (χ3n) is 9.08. The summed E-state index contributed by atoms with van der Waals surface area (Å²) in [5, 5.41) is 0. The van der Waals surface area contributed by atoms with E-state index in [0.717, 1.165) is 36.3 Å². The molecule has 1 aliphatic heterocycles. The Kier molecular flexibility index (Phi) is 7.39. The molecule has 0 bridgehead atoms. The average molecular weight is 421 g/mol. The van der Waals surface area contributed by atoms with E-state index in [1.54, 1.807) is 38.5 Å². The van der Waals surface area contributed by atoms with Gasteiger partial charge in [0.2, 0.25) is 0 Å². The first kappa shape index (κ1) is 21.8. The first-order valence-electron chi connectivity index (χ1n) is 12.7. The van der Waals surface area contributed by atoms with Gasteiger partial charge in [0.15, 0.2) is 0 Å². The van der Waals surface area contributed by atoms with Gasteiger partial charge in [-0.3, -0.25) is 4.79 Å². The number of hydrogen-bond acceptors (Lipinski definition) is 4. The van der Waals surface area contributed by atoms with E-state index in [1.807, 2.05) is 6.92 Å². The summed E-state index contributed by atoms with van der Waals surface area (Å²) in [6.07, 6.45) is 18.2. The largest absolute Gasteiger partial charge is 0.469 e. The zero-order chi connectivity index (χ0) is 20.3. The predicted molar refractivity (Wildman–Crippen MR) is 122 cm³/mol. The molecule has 3 saturated carbocycles. The fourth-order valence-electron chi connectivity index (χ4n) is 7.92. The molecule has 4 fully saturated rings. The van der Waals surface area contributed by atoms with Gasteiger partial charge in [-0.25, -0.2) is 0 Å². The molecule has 0 N–H and O–H groups in total. The number of methoxy groups -OCH3 is 1. The number of nitrogens with zero attached hydrogens (tertiary/aromatic N) is 2. The van der Waals surface area contributed by atoms with Crippen LogP contribution in [0.4, 0.5) is 0 Å². The highest BCUT2D eigenvalue weighted by atomic mass is 28.3. The summed E-state index contributed by atoms with van der Waals surface area (Å²) < 4.78 is 8.12. The maximum absolute atomic E-state index is 11.9. The lowest BCUT2D eigenvalue weighted by Gasteiger charge is -2.56. The van der Waals surface area contributed by atoms with Gasteiger partial charge < -0.3 is 14.2 Å². The Balaban J connectivity index is 1.51. The molecule has 166 valence electrons. The van der Waals surface area contributed by atoms with Crippen LogP contribution in [0.3, 0.4) is 0 Å². The Morgan fingerprint density at radius 3 is 1.62 bits per heavy atom. The minimum absolute atomic E-state index is 0.00644. The van der Waals surface area contributed by atoms with Crippen molar-refractivity contribution in [2.75, 3.05) is 39.8 Å². The van der Waals surface area contributed by atoms with Crippen LogP contribution < -0.4 is 0 Å². The molecule has 4 rings (SSSR count). The molecule has 4 nitrogen and oxygen atoms in total. The van der Waals surface area contributed by atoms with Crippen LogP contribution in [0.1, 0.15) is 84.0 Å². The third kappa shape index (κ3) is 4.34. The van der Waals surface area contributed by atoms with Gasteiger partial charge in [0.1, 0.15) is 8.24 Å². The summed E-state index contributed by atoms with van der Waals surface area (Å²) in [6, 6.07) is 0. The van der Waals surface area contributed by atoms with Crippen LogP contribution in [0.15, 0.2) is 0 Å². The highest BCUT2D eigenvalue weighted by molar-refractivity contribution is 6.81. The maximum atomic E-state index is 11.9. The molecule has 1 saturated heterocycles. The monoisotopic (exact) mass is 420 g/mol. The van der Waals surface area contributed by atoms with E-state index in [4.69, 9.17) is 4.74 Å². The second kappa shape index (κ2) is 9.82. The Bertz CT molecular complexity index is 490. The van der Waals surface area contributed by atoms with Crippen molar-refractivity contribution in [1.82, 2.24) is 9.47 Å². The highest BCUT2D eigenvalue weighted by Crippen LogP contribution is 2.59. The van der Waals surface area contributed by atoms with Gasteiger partial charge in [0.25, 0.3) is 0 Å². The van der Waals surface area contributed by atoms with E-state index in [1.165, 1.54) is 58.7 Å². The molecule has 0 aromatic heterocycles. The van der Waals surface area contributed by atoms with Crippen LogP contribution >= 0.6 is 0 Å². The minimum Gasteiger partial charge on any atom is -0.469 e. The molecule has 29 heavy (non-hydrogen) atoms. The van der Waals surface area contributed by atoms with Crippen LogP contribution in [-0.4, -0.2) is 63.5 Å². The van der Waals surface area contributed by atoms with Crippen molar-refractivity contribution in [3.05, 3.63) is 0 Å². The SMILES string of the molecule is COC(=O)C(C)CN1CCN([Si](C2CCCC2)(C2CCCC2)C2CCCC2)CC1. The topological polar surface area (TPSA) is 32.8 Å². The molecule has 0 spiro atoms. The van der Waals surface area contributed by atoms with Gasteiger partial charge >= 0.3 is 5.97 Å². The van der Waals surface area contributed by atoms with Crippen LogP contribution in [0.5, 0.6) is 0 Å². The first-order chi connectivity index (χ1) is 14.2. The van der Waals surface area contributed by atoms with Crippen molar-refractivity contribution in [3.63, 3.8) is 0 Å². The van der Waals surface area contributed by atoms with E-state index < -0.39 is 8.24 Å². The van der Waals surface area contributed by atoms with Gasteiger partial charge in [-0.1, -0.05) is 84.0 Å². The first-order valence-corrected chi connectivity index (χ1v) is 14.9. The lowest BCUT2D eigenvalue weighted by molar-refractivity contribution is -0.145. The number of carbonyl (C=O) groups excluding carboxylic acids is 1. The average Bonchev–Trinajstić information content (AvgIpc) is 3.52. The Morgan fingerprint density at radius 2 is 1.24 bits per heavy atom. The van der Waals surface area contributed by atoms with Gasteiger partial charge in [0.05, 0.1) is 13.0 Å². The summed E-state index contributed by atoms with van der Waals surface area (Å²) in [5.74, 6) is -0.0629. The van der Waals surface area contributed by atoms with Gasteiger partial charge in [-0.2, -0.15) is 0 Å². The molecule has 5 heteroatoms. The Labute approximate surface area is 179 Å². The smallest absolute Gasteiger partial charge is 0.309 e. The van der Waals surface area contributed by atoms with Crippen LogP contribution in [-0.2, 0) is 9.53 Å². The number of rotatable bonds is 7. The molecule has 1 heterocycles.